The molecule has 3 heterocycles. The van der Waals surface area contributed by atoms with Crippen molar-refractivity contribution in [2.24, 2.45) is 0 Å². The molecule has 1 unspecified atom stereocenters. The Labute approximate surface area is 116 Å². The number of rotatable bonds is 2. The lowest BCUT2D eigenvalue weighted by molar-refractivity contribution is -0.138. The van der Waals surface area contributed by atoms with Crippen molar-refractivity contribution in [1.29, 1.82) is 0 Å². The van der Waals surface area contributed by atoms with Crippen molar-refractivity contribution < 1.29 is 14.7 Å². The van der Waals surface area contributed by atoms with Gasteiger partial charge in [0.05, 0.1) is 13.0 Å². The zero-order valence-corrected chi connectivity index (χ0v) is 11.2. The van der Waals surface area contributed by atoms with Crippen LogP contribution >= 0.6 is 0 Å². The lowest BCUT2D eigenvalue weighted by Gasteiger charge is -2.33. The molecule has 1 atom stereocenters. The van der Waals surface area contributed by atoms with Crippen molar-refractivity contribution in [3.05, 3.63) is 18.2 Å². The molecule has 2 amide bonds. The Morgan fingerprint density at radius 3 is 3.00 bits per heavy atom. The standard InChI is InChI=1S/C13H18N4O3/c18-12(19)8-10-2-1-4-17(10)13(20)16-7-6-15-5-3-14-11(15)9-16/h3,5,10H,1-2,4,6-9H2,(H,18,19). The minimum absolute atomic E-state index is 0.0359. The second-order valence-corrected chi connectivity index (χ2v) is 5.33. The molecule has 2 aliphatic rings. The van der Waals surface area contributed by atoms with Crippen LogP contribution in [0.15, 0.2) is 12.4 Å². The Morgan fingerprint density at radius 2 is 2.20 bits per heavy atom. The zero-order chi connectivity index (χ0) is 14.1. The van der Waals surface area contributed by atoms with E-state index in [1.54, 1.807) is 16.0 Å². The number of urea groups is 1. The fraction of sp³-hybridized carbons (Fsp3) is 0.615. The number of aromatic nitrogens is 2. The number of carboxylic acids is 1. The number of carbonyl (C=O) groups is 2. The molecule has 1 N–H and O–H groups in total. The summed E-state index contributed by atoms with van der Waals surface area (Å²) in [5.41, 5.74) is 0. The number of fused-ring (bicyclic) bond motifs is 1. The molecule has 2 aliphatic heterocycles. The molecule has 0 aromatic carbocycles. The molecule has 1 aromatic heterocycles. The van der Waals surface area contributed by atoms with Gasteiger partial charge in [0.2, 0.25) is 0 Å². The van der Waals surface area contributed by atoms with E-state index in [-0.39, 0.29) is 18.5 Å². The van der Waals surface area contributed by atoms with E-state index < -0.39 is 5.97 Å². The first-order chi connectivity index (χ1) is 9.65. The third kappa shape index (κ3) is 2.35. The second-order valence-electron chi connectivity index (χ2n) is 5.33. The topological polar surface area (TPSA) is 78.7 Å². The molecule has 0 radical (unpaired) electrons. The maximum absolute atomic E-state index is 12.5. The summed E-state index contributed by atoms with van der Waals surface area (Å²) in [4.78, 5) is 31.1. The number of hydrogen-bond acceptors (Lipinski definition) is 3. The summed E-state index contributed by atoms with van der Waals surface area (Å²) < 4.78 is 2.04. The molecule has 0 spiro atoms. The minimum Gasteiger partial charge on any atom is -0.481 e. The monoisotopic (exact) mass is 278 g/mol. The van der Waals surface area contributed by atoms with Crippen LogP contribution in [-0.4, -0.2) is 55.6 Å². The van der Waals surface area contributed by atoms with Gasteiger partial charge in [0, 0.05) is 38.1 Å². The Morgan fingerprint density at radius 1 is 1.35 bits per heavy atom. The van der Waals surface area contributed by atoms with Crippen molar-refractivity contribution in [3.63, 3.8) is 0 Å². The molecule has 1 aromatic rings. The van der Waals surface area contributed by atoms with E-state index in [1.807, 2.05) is 10.8 Å². The molecular formula is C13H18N4O3. The molecule has 0 saturated carbocycles. The molecule has 0 bridgehead atoms. The summed E-state index contributed by atoms with van der Waals surface area (Å²) in [6, 6.07) is -0.218. The summed E-state index contributed by atoms with van der Waals surface area (Å²) in [5.74, 6) is 0.0440. The smallest absolute Gasteiger partial charge is 0.320 e. The van der Waals surface area contributed by atoms with Gasteiger partial charge >= 0.3 is 12.0 Å². The van der Waals surface area contributed by atoms with Crippen LogP contribution in [0.3, 0.4) is 0 Å². The van der Waals surface area contributed by atoms with Crippen molar-refractivity contribution in [2.45, 2.75) is 38.4 Å². The second kappa shape index (κ2) is 5.15. The number of imidazole rings is 1. The normalized spacial score (nSPS) is 21.9. The quantitative estimate of drug-likeness (QED) is 0.866. The van der Waals surface area contributed by atoms with Crippen LogP contribution < -0.4 is 0 Å². The van der Waals surface area contributed by atoms with E-state index in [0.717, 1.165) is 25.2 Å². The van der Waals surface area contributed by atoms with Crippen LogP contribution in [0.5, 0.6) is 0 Å². The third-order valence-electron chi connectivity index (χ3n) is 4.05. The van der Waals surface area contributed by atoms with Gasteiger partial charge in [0.15, 0.2) is 0 Å². The first-order valence-corrected chi connectivity index (χ1v) is 6.92. The highest BCUT2D eigenvalue weighted by molar-refractivity contribution is 5.76. The maximum atomic E-state index is 12.5. The van der Waals surface area contributed by atoms with Gasteiger partial charge in [0.25, 0.3) is 0 Å². The summed E-state index contributed by atoms with van der Waals surface area (Å²) in [6.07, 6.45) is 5.35. The van der Waals surface area contributed by atoms with Crippen molar-refractivity contribution >= 4 is 12.0 Å². The van der Waals surface area contributed by atoms with E-state index >= 15 is 0 Å². The molecular weight excluding hydrogens is 260 g/mol. The fourth-order valence-corrected chi connectivity index (χ4v) is 3.02. The first kappa shape index (κ1) is 13.0. The Hall–Kier alpha value is -2.05. The van der Waals surface area contributed by atoms with Gasteiger partial charge in [0.1, 0.15) is 5.82 Å². The van der Waals surface area contributed by atoms with E-state index in [9.17, 15) is 9.59 Å². The largest absolute Gasteiger partial charge is 0.481 e. The lowest BCUT2D eigenvalue weighted by Crippen LogP contribution is -2.48. The summed E-state index contributed by atoms with van der Waals surface area (Å²) >= 11 is 0. The molecule has 1 fully saturated rings. The van der Waals surface area contributed by atoms with Gasteiger partial charge in [-0.1, -0.05) is 0 Å². The van der Waals surface area contributed by atoms with Gasteiger partial charge in [-0.3, -0.25) is 4.79 Å². The van der Waals surface area contributed by atoms with Crippen molar-refractivity contribution in [2.75, 3.05) is 13.1 Å². The lowest BCUT2D eigenvalue weighted by atomic mass is 10.1. The minimum atomic E-state index is -0.844. The molecule has 7 nitrogen and oxygen atoms in total. The maximum Gasteiger partial charge on any atom is 0.320 e. The van der Waals surface area contributed by atoms with E-state index in [0.29, 0.717) is 19.6 Å². The van der Waals surface area contributed by atoms with Crippen LogP contribution in [-0.2, 0) is 17.9 Å². The predicted octanol–water partition coefficient (Wildman–Crippen LogP) is 0.758. The number of nitrogens with zero attached hydrogens (tertiary/aromatic N) is 4. The molecule has 3 rings (SSSR count). The highest BCUT2D eigenvalue weighted by Crippen LogP contribution is 2.23. The van der Waals surface area contributed by atoms with Crippen LogP contribution in [0.1, 0.15) is 25.1 Å². The van der Waals surface area contributed by atoms with E-state index in [2.05, 4.69) is 4.98 Å². The van der Waals surface area contributed by atoms with Crippen molar-refractivity contribution in [1.82, 2.24) is 19.4 Å². The van der Waals surface area contributed by atoms with Crippen LogP contribution in [0, 0.1) is 0 Å². The van der Waals surface area contributed by atoms with Crippen LogP contribution in [0.4, 0.5) is 4.79 Å². The van der Waals surface area contributed by atoms with Gasteiger partial charge < -0.3 is 19.5 Å². The highest BCUT2D eigenvalue weighted by Gasteiger charge is 2.34. The average molecular weight is 278 g/mol. The van der Waals surface area contributed by atoms with Gasteiger partial charge in [-0.2, -0.15) is 0 Å². The van der Waals surface area contributed by atoms with E-state index in [4.69, 9.17) is 5.11 Å². The number of amides is 2. The van der Waals surface area contributed by atoms with Crippen LogP contribution in [0.2, 0.25) is 0 Å². The highest BCUT2D eigenvalue weighted by atomic mass is 16.4. The van der Waals surface area contributed by atoms with E-state index in [1.165, 1.54) is 0 Å². The zero-order valence-electron chi connectivity index (χ0n) is 11.2. The molecule has 0 aliphatic carbocycles. The Bertz CT molecular complexity index is 527. The summed E-state index contributed by atoms with van der Waals surface area (Å²) in [5, 5.41) is 8.92. The third-order valence-corrected chi connectivity index (χ3v) is 4.05. The first-order valence-electron chi connectivity index (χ1n) is 6.92. The number of carboxylic acid groups (broad SMARTS) is 1. The Balaban J connectivity index is 1.68. The number of likely N-dealkylation sites (tertiary alicyclic amines) is 1. The average Bonchev–Trinajstić information content (AvgIpc) is 3.04. The molecule has 7 heteroatoms. The predicted molar refractivity (Wildman–Crippen MR) is 70.0 cm³/mol. The SMILES string of the molecule is O=C(O)CC1CCCN1C(=O)N1CCn2ccnc2C1. The van der Waals surface area contributed by atoms with Crippen LogP contribution in [0.25, 0.3) is 0 Å². The van der Waals surface area contributed by atoms with Gasteiger partial charge in [-0.25, -0.2) is 9.78 Å². The van der Waals surface area contributed by atoms with Gasteiger partial charge in [-0.15, -0.1) is 0 Å². The molecule has 1 saturated heterocycles. The molecule has 20 heavy (non-hydrogen) atoms. The Kier molecular flexibility index (Phi) is 3.33. The molecule has 108 valence electrons. The number of carbonyl (C=O) groups excluding carboxylic acids is 1. The number of aliphatic carboxylic acids is 1. The fourth-order valence-electron chi connectivity index (χ4n) is 3.02. The summed E-state index contributed by atoms with van der Waals surface area (Å²) in [7, 11) is 0. The summed E-state index contributed by atoms with van der Waals surface area (Å²) in [6.45, 7) is 2.56. The number of hydrogen-bond donors (Lipinski definition) is 1. The van der Waals surface area contributed by atoms with Gasteiger partial charge in [-0.05, 0) is 12.8 Å². The van der Waals surface area contributed by atoms with Crippen molar-refractivity contribution in [3.8, 4) is 0 Å².